The van der Waals surface area contributed by atoms with Gasteiger partial charge in [0, 0.05) is 38.8 Å². The first-order chi connectivity index (χ1) is 11.6. The standard InChI is InChI=1S/C17H30N4O3/c1-18-16(20-12-17(6-8-22)7-10-23-13-17)19-11-14(21(2)3)15-5-4-9-24-15/h4-5,9,14,22H,6-8,10-13H2,1-3H3,(H2,18,19,20). The van der Waals surface area contributed by atoms with Crippen LogP contribution < -0.4 is 10.6 Å². The van der Waals surface area contributed by atoms with E-state index in [1.807, 2.05) is 26.2 Å². The van der Waals surface area contributed by atoms with Gasteiger partial charge >= 0.3 is 0 Å². The van der Waals surface area contributed by atoms with Crippen LogP contribution in [0.2, 0.25) is 0 Å². The molecule has 136 valence electrons. The lowest BCUT2D eigenvalue weighted by Crippen LogP contribution is -2.46. The van der Waals surface area contributed by atoms with Crippen molar-refractivity contribution in [2.75, 3.05) is 54.1 Å². The maximum atomic E-state index is 9.31. The fourth-order valence-electron chi connectivity index (χ4n) is 3.02. The smallest absolute Gasteiger partial charge is 0.191 e. The van der Waals surface area contributed by atoms with E-state index in [1.54, 1.807) is 13.3 Å². The highest BCUT2D eigenvalue weighted by atomic mass is 16.5. The number of furan rings is 1. The van der Waals surface area contributed by atoms with Crippen molar-refractivity contribution in [3.8, 4) is 0 Å². The molecule has 1 fully saturated rings. The topological polar surface area (TPSA) is 82.3 Å². The molecule has 1 saturated heterocycles. The Labute approximate surface area is 144 Å². The second kappa shape index (κ2) is 9.05. The molecule has 1 aliphatic rings. The van der Waals surface area contributed by atoms with Gasteiger partial charge in [-0.15, -0.1) is 0 Å². The van der Waals surface area contributed by atoms with E-state index in [9.17, 15) is 5.11 Å². The first-order valence-corrected chi connectivity index (χ1v) is 8.43. The Bertz CT molecular complexity index is 496. The second-order valence-electron chi connectivity index (χ2n) is 6.58. The third-order valence-electron chi connectivity index (χ3n) is 4.64. The molecule has 2 rings (SSSR count). The van der Waals surface area contributed by atoms with Crippen LogP contribution in [-0.2, 0) is 4.74 Å². The SMILES string of the molecule is CN=C(NCC(c1ccco1)N(C)C)NCC1(CCO)CCOC1. The number of rotatable bonds is 8. The Balaban J connectivity index is 1.87. The maximum absolute atomic E-state index is 9.31. The van der Waals surface area contributed by atoms with Gasteiger partial charge in [0.1, 0.15) is 5.76 Å². The highest BCUT2D eigenvalue weighted by molar-refractivity contribution is 5.79. The predicted octanol–water partition coefficient (Wildman–Crippen LogP) is 0.836. The molecule has 7 nitrogen and oxygen atoms in total. The summed E-state index contributed by atoms with van der Waals surface area (Å²) in [5, 5.41) is 16.0. The van der Waals surface area contributed by atoms with Crippen molar-refractivity contribution in [1.82, 2.24) is 15.5 Å². The molecule has 0 aliphatic carbocycles. The summed E-state index contributed by atoms with van der Waals surface area (Å²) in [5.41, 5.74) is -0.00562. The van der Waals surface area contributed by atoms with Crippen molar-refractivity contribution in [3.63, 3.8) is 0 Å². The number of hydrogen-bond donors (Lipinski definition) is 3. The van der Waals surface area contributed by atoms with Gasteiger partial charge in [-0.2, -0.15) is 0 Å². The molecule has 0 spiro atoms. The molecule has 1 aromatic rings. The highest BCUT2D eigenvalue weighted by Crippen LogP contribution is 2.31. The summed E-state index contributed by atoms with van der Waals surface area (Å²) in [6, 6.07) is 4.01. The first kappa shape index (κ1) is 18.8. The average molecular weight is 338 g/mol. The molecule has 1 aromatic heterocycles. The van der Waals surface area contributed by atoms with E-state index in [0.29, 0.717) is 13.2 Å². The normalized spacial score (nSPS) is 22.8. The van der Waals surface area contributed by atoms with E-state index in [-0.39, 0.29) is 18.1 Å². The predicted molar refractivity (Wildman–Crippen MR) is 94.1 cm³/mol. The molecular weight excluding hydrogens is 308 g/mol. The van der Waals surface area contributed by atoms with E-state index in [4.69, 9.17) is 9.15 Å². The van der Waals surface area contributed by atoms with Gasteiger partial charge in [-0.1, -0.05) is 0 Å². The number of aliphatic hydroxyl groups is 1. The van der Waals surface area contributed by atoms with Crippen LogP contribution in [-0.4, -0.2) is 70.0 Å². The van der Waals surface area contributed by atoms with E-state index in [0.717, 1.165) is 37.7 Å². The molecule has 2 unspecified atom stereocenters. The number of guanidine groups is 1. The van der Waals surface area contributed by atoms with E-state index >= 15 is 0 Å². The summed E-state index contributed by atoms with van der Waals surface area (Å²) >= 11 is 0. The fraction of sp³-hybridized carbons (Fsp3) is 0.706. The molecule has 0 radical (unpaired) electrons. The molecule has 0 amide bonds. The summed E-state index contributed by atoms with van der Waals surface area (Å²) in [5.74, 6) is 1.67. The number of likely N-dealkylation sites (N-methyl/N-ethyl adjacent to an activating group) is 1. The Morgan fingerprint density at radius 2 is 2.29 bits per heavy atom. The number of nitrogens with zero attached hydrogens (tertiary/aromatic N) is 2. The van der Waals surface area contributed by atoms with Gasteiger partial charge in [-0.3, -0.25) is 9.89 Å². The largest absolute Gasteiger partial charge is 0.468 e. The van der Waals surface area contributed by atoms with Crippen LogP contribution in [0.4, 0.5) is 0 Å². The van der Waals surface area contributed by atoms with Crippen LogP contribution in [0, 0.1) is 5.41 Å². The average Bonchev–Trinajstić information content (AvgIpc) is 3.23. The van der Waals surface area contributed by atoms with Crippen molar-refractivity contribution < 1.29 is 14.3 Å². The lowest BCUT2D eigenvalue weighted by atomic mass is 9.84. The molecule has 0 saturated carbocycles. The molecular formula is C17H30N4O3. The summed E-state index contributed by atoms with van der Waals surface area (Å²) in [7, 11) is 5.81. The number of ether oxygens (including phenoxy) is 1. The molecule has 3 N–H and O–H groups in total. The number of nitrogens with one attached hydrogen (secondary N) is 2. The van der Waals surface area contributed by atoms with Crippen molar-refractivity contribution in [1.29, 1.82) is 0 Å². The molecule has 7 heteroatoms. The zero-order valence-corrected chi connectivity index (χ0v) is 14.9. The number of hydrogen-bond acceptors (Lipinski definition) is 5. The maximum Gasteiger partial charge on any atom is 0.191 e. The van der Waals surface area contributed by atoms with Gasteiger partial charge in [0.2, 0.25) is 0 Å². The Morgan fingerprint density at radius 1 is 1.46 bits per heavy atom. The minimum atomic E-state index is -0.00562. The highest BCUT2D eigenvalue weighted by Gasteiger charge is 2.34. The zero-order chi connectivity index (χ0) is 17.4. The van der Waals surface area contributed by atoms with Crippen LogP contribution in [0.15, 0.2) is 27.8 Å². The van der Waals surface area contributed by atoms with Crippen LogP contribution in [0.25, 0.3) is 0 Å². The van der Waals surface area contributed by atoms with Gasteiger partial charge < -0.3 is 24.9 Å². The minimum absolute atomic E-state index is 0.00562. The molecule has 0 bridgehead atoms. The molecule has 1 aliphatic heterocycles. The second-order valence-corrected chi connectivity index (χ2v) is 6.58. The summed E-state index contributed by atoms with van der Waals surface area (Å²) in [6.45, 7) is 3.04. The van der Waals surface area contributed by atoms with Crippen molar-refractivity contribution >= 4 is 5.96 Å². The van der Waals surface area contributed by atoms with Gasteiger partial charge in [0.25, 0.3) is 0 Å². The minimum Gasteiger partial charge on any atom is -0.468 e. The van der Waals surface area contributed by atoms with Gasteiger partial charge in [0.15, 0.2) is 5.96 Å². The summed E-state index contributed by atoms with van der Waals surface area (Å²) < 4.78 is 11.1. The van der Waals surface area contributed by atoms with Crippen LogP contribution in [0.3, 0.4) is 0 Å². The zero-order valence-electron chi connectivity index (χ0n) is 14.9. The Morgan fingerprint density at radius 3 is 2.83 bits per heavy atom. The van der Waals surface area contributed by atoms with Crippen molar-refractivity contribution in [2.45, 2.75) is 18.9 Å². The van der Waals surface area contributed by atoms with Crippen molar-refractivity contribution in [3.05, 3.63) is 24.2 Å². The number of aliphatic hydroxyl groups excluding tert-OH is 1. The summed E-state index contributed by atoms with van der Waals surface area (Å²) in [4.78, 5) is 6.40. The third-order valence-corrected chi connectivity index (χ3v) is 4.64. The third kappa shape index (κ3) is 4.96. The van der Waals surface area contributed by atoms with Gasteiger partial charge in [-0.25, -0.2) is 0 Å². The van der Waals surface area contributed by atoms with Gasteiger partial charge in [-0.05, 0) is 39.1 Å². The summed E-state index contributed by atoms with van der Waals surface area (Å²) in [6.07, 6.45) is 3.39. The van der Waals surface area contributed by atoms with Crippen LogP contribution in [0.5, 0.6) is 0 Å². The fourth-order valence-corrected chi connectivity index (χ4v) is 3.02. The quantitative estimate of drug-likeness (QED) is 0.481. The van der Waals surface area contributed by atoms with E-state index in [1.165, 1.54) is 0 Å². The molecule has 24 heavy (non-hydrogen) atoms. The van der Waals surface area contributed by atoms with Crippen LogP contribution >= 0.6 is 0 Å². The van der Waals surface area contributed by atoms with Gasteiger partial charge in [0.05, 0.1) is 18.9 Å². The lowest BCUT2D eigenvalue weighted by molar-refractivity contribution is 0.127. The molecule has 2 heterocycles. The number of aliphatic imine (C=N–C) groups is 1. The van der Waals surface area contributed by atoms with Crippen LogP contribution in [0.1, 0.15) is 24.6 Å². The van der Waals surface area contributed by atoms with E-state index in [2.05, 4.69) is 20.5 Å². The Kier molecular flexibility index (Phi) is 7.08. The monoisotopic (exact) mass is 338 g/mol. The lowest BCUT2D eigenvalue weighted by Gasteiger charge is -2.28. The Hall–Kier alpha value is -1.57. The van der Waals surface area contributed by atoms with E-state index < -0.39 is 0 Å². The molecule has 0 aromatic carbocycles. The van der Waals surface area contributed by atoms with Crippen molar-refractivity contribution in [2.24, 2.45) is 10.4 Å². The molecule has 2 atom stereocenters. The first-order valence-electron chi connectivity index (χ1n) is 8.43.